The molecule has 1 atom stereocenters. The largest absolute Gasteiger partial charge is 0.464 e. The van der Waals surface area contributed by atoms with Gasteiger partial charge in [-0.1, -0.05) is 19.9 Å². The van der Waals surface area contributed by atoms with Crippen molar-refractivity contribution in [2.24, 2.45) is 5.92 Å². The van der Waals surface area contributed by atoms with Crippen molar-refractivity contribution in [1.82, 2.24) is 5.32 Å². The van der Waals surface area contributed by atoms with Crippen LogP contribution in [-0.2, 0) is 9.53 Å². The fraction of sp³-hybridized carbons (Fsp3) is 0.529. The second-order valence-electron chi connectivity index (χ2n) is 5.71. The second kappa shape index (κ2) is 7.81. The van der Waals surface area contributed by atoms with E-state index in [9.17, 15) is 9.59 Å². The van der Waals surface area contributed by atoms with Crippen molar-refractivity contribution in [3.63, 3.8) is 0 Å². The molecule has 0 aliphatic rings. The van der Waals surface area contributed by atoms with E-state index in [0.29, 0.717) is 24.5 Å². The smallest absolute Gasteiger partial charge is 0.328 e. The number of hydrogen-bond donors (Lipinski definition) is 1. The summed E-state index contributed by atoms with van der Waals surface area (Å²) in [4.78, 5) is 24.2. The van der Waals surface area contributed by atoms with E-state index in [4.69, 9.17) is 4.74 Å². The normalized spacial score (nSPS) is 12.1. The van der Waals surface area contributed by atoms with Gasteiger partial charge in [0.1, 0.15) is 6.04 Å². The summed E-state index contributed by atoms with van der Waals surface area (Å²) in [6, 6.07) is 4.92. The third-order valence-corrected chi connectivity index (χ3v) is 3.35. The lowest BCUT2D eigenvalue weighted by Gasteiger charge is -2.19. The minimum absolute atomic E-state index is 0.239. The van der Waals surface area contributed by atoms with Gasteiger partial charge in [0.2, 0.25) is 0 Å². The summed E-state index contributed by atoms with van der Waals surface area (Å²) in [7, 11) is 0. The zero-order chi connectivity index (χ0) is 16.0. The summed E-state index contributed by atoms with van der Waals surface area (Å²) in [5, 5.41) is 2.78. The standard InChI is InChI=1S/C17H25NO3/c1-6-21-17(20)15(9-11(2)3)18-16(19)14-8-7-12(4)13(5)10-14/h7-8,10-11,15H,6,9H2,1-5H3,(H,18,19)/t15-/m0/s1. The topological polar surface area (TPSA) is 55.4 Å². The number of ether oxygens (including phenoxy) is 1. The van der Waals surface area contributed by atoms with Crippen LogP contribution in [0.1, 0.15) is 48.7 Å². The van der Waals surface area contributed by atoms with Gasteiger partial charge >= 0.3 is 5.97 Å². The van der Waals surface area contributed by atoms with E-state index >= 15 is 0 Å². The minimum atomic E-state index is -0.598. The maximum atomic E-state index is 12.3. The number of nitrogens with one attached hydrogen (secondary N) is 1. The molecule has 0 aliphatic heterocycles. The van der Waals surface area contributed by atoms with Crippen molar-refractivity contribution < 1.29 is 14.3 Å². The first kappa shape index (κ1) is 17.2. The lowest BCUT2D eigenvalue weighted by Crippen LogP contribution is -2.42. The summed E-state index contributed by atoms with van der Waals surface area (Å²) in [5.41, 5.74) is 2.76. The number of carbonyl (C=O) groups is 2. The highest BCUT2D eigenvalue weighted by Crippen LogP contribution is 2.12. The van der Waals surface area contributed by atoms with Crippen LogP contribution in [0.2, 0.25) is 0 Å². The van der Waals surface area contributed by atoms with Gasteiger partial charge in [0.25, 0.3) is 5.91 Å². The van der Waals surface area contributed by atoms with Crippen LogP contribution in [0.25, 0.3) is 0 Å². The summed E-state index contributed by atoms with van der Waals surface area (Å²) in [6.45, 7) is 10.0. The molecule has 0 aromatic heterocycles. The van der Waals surface area contributed by atoms with Crippen LogP contribution in [0.15, 0.2) is 18.2 Å². The number of rotatable bonds is 6. The molecular weight excluding hydrogens is 266 g/mol. The molecule has 0 fully saturated rings. The zero-order valence-corrected chi connectivity index (χ0v) is 13.5. The molecule has 0 bridgehead atoms. The van der Waals surface area contributed by atoms with Crippen molar-refractivity contribution >= 4 is 11.9 Å². The Labute approximate surface area is 126 Å². The number of amides is 1. The van der Waals surface area contributed by atoms with Crippen molar-refractivity contribution in [3.8, 4) is 0 Å². The number of carbonyl (C=O) groups excluding carboxylic acids is 2. The van der Waals surface area contributed by atoms with Gasteiger partial charge in [0, 0.05) is 5.56 Å². The van der Waals surface area contributed by atoms with Crippen LogP contribution in [-0.4, -0.2) is 24.5 Å². The number of esters is 1. The van der Waals surface area contributed by atoms with Gasteiger partial charge in [-0.25, -0.2) is 4.79 Å². The van der Waals surface area contributed by atoms with Crippen LogP contribution in [0.3, 0.4) is 0 Å². The van der Waals surface area contributed by atoms with Gasteiger partial charge < -0.3 is 10.1 Å². The Bertz CT molecular complexity index is 509. The molecule has 21 heavy (non-hydrogen) atoms. The predicted octanol–water partition coefficient (Wildman–Crippen LogP) is 3.01. The molecule has 0 saturated heterocycles. The van der Waals surface area contributed by atoms with Gasteiger partial charge in [-0.3, -0.25) is 4.79 Å². The molecule has 0 unspecified atom stereocenters. The summed E-state index contributed by atoms with van der Waals surface area (Å²) in [5.74, 6) is -0.320. The zero-order valence-electron chi connectivity index (χ0n) is 13.5. The molecule has 0 radical (unpaired) electrons. The van der Waals surface area contributed by atoms with Crippen molar-refractivity contribution in [2.75, 3.05) is 6.61 Å². The predicted molar refractivity (Wildman–Crippen MR) is 83.3 cm³/mol. The van der Waals surface area contributed by atoms with Crippen molar-refractivity contribution in [2.45, 2.75) is 47.1 Å². The molecule has 4 nitrogen and oxygen atoms in total. The molecule has 1 aromatic rings. The highest BCUT2D eigenvalue weighted by molar-refractivity contribution is 5.97. The van der Waals surface area contributed by atoms with Crippen LogP contribution in [0.5, 0.6) is 0 Å². The third kappa shape index (κ3) is 5.21. The molecule has 0 heterocycles. The Kier molecular flexibility index (Phi) is 6.40. The first-order valence-corrected chi connectivity index (χ1v) is 7.39. The SMILES string of the molecule is CCOC(=O)[C@H](CC(C)C)NC(=O)c1ccc(C)c(C)c1. The van der Waals surface area contributed by atoms with E-state index in [0.717, 1.165) is 11.1 Å². The van der Waals surface area contributed by atoms with Crippen LogP contribution in [0.4, 0.5) is 0 Å². The van der Waals surface area contributed by atoms with E-state index in [2.05, 4.69) is 5.32 Å². The Morgan fingerprint density at radius 2 is 1.86 bits per heavy atom. The quantitative estimate of drug-likeness (QED) is 0.820. The summed E-state index contributed by atoms with van der Waals surface area (Å²) < 4.78 is 5.03. The Morgan fingerprint density at radius 1 is 1.19 bits per heavy atom. The van der Waals surface area contributed by atoms with Crippen molar-refractivity contribution in [1.29, 1.82) is 0 Å². The van der Waals surface area contributed by atoms with E-state index in [1.54, 1.807) is 13.0 Å². The molecule has 1 aromatic carbocycles. The van der Waals surface area contributed by atoms with Gasteiger partial charge in [0.05, 0.1) is 6.61 Å². The second-order valence-corrected chi connectivity index (χ2v) is 5.71. The fourth-order valence-corrected chi connectivity index (χ4v) is 2.05. The van der Waals surface area contributed by atoms with Crippen LogP contribution < -0.4 is 5.32 Å². The number of hydrogen-bond acceptors (Lipinski definition) is 3. The third-order valence-electron chi connectivity index (χ3n) is 3.35. The molecule has 0 saturated carbocycles. The average Bonchev–Trinajstić information content (AvgIpc) is 2.40. The lowest BCUT2D eigenvalue weighted by atomic mass is 10.0. The molecule has 0 spiro atoms. The van der Waals surface area contributed by atoms with Gasteiger partial charge in [-0.2, -0.15) is 0 Å². The van der Waals surface area contributed by atoms with Crippen LogP contribution in [0, 0.1) is 19.8 Å². The molecule has 116 valence electrons. The number of benzene rings is 1. The molecule has 0 aliphatic carbocycles. The van der Waals surface area contributed by atoms with E-state index in [-0.39, 0.29) is 11.9 Å². The van der Waals surface area contributed by atoms with Gasteiger partial charge in [-0.15, -0.1) is 0 Å². The summed E-state index contributed by atoms with van der Waals surface area (Å²) >= 11 is 0. The molecule has 1 rings (SSSR count). The maximum Gasteiger partial charge on any atom is 0.328 e. The fourth-order valence-electron chi connectivity index (χ4n) is 2.05. The molecule has 4 heteroatoms. The van der Waals surface area contributed by atoms with E-state index in [1.165, 1.54) is 0 Å². The maximum absolute atomic E-state index is 12.3. The highest BCUT2D eigenvalue weighted by Gasteiger charge is 2.23. The highest BCUT2D eigenvalue weighted by atomic mass is 16.5. The molecular formula is C17H25NO3. The van der Waals surface area contributed by atoms with Gasteiger partial charge in [0.15, 0.2) is 0 Å². The first-order chi connectivity index (χ1) is 9.85. The Morgan fingerprint density at radius 3 is 2.38 bits per heavy atom. The molecule has 1 N–H and O–H groups in total. The summed E-state index contributed by atoms with van der Waals surface area (Å²) in [6.07, 6.45) is 0.565. The Hall–Kier alpha value is -1.84. The van der Waals surface area contributed by atoms with Crippen molar-refractivity contribution in [3.05, 3.63) is 34.9 Å². The lowest BCUT2D eigenvalue weighted by molar-refractivity contribution is -0.145. The first-order valence-electron chi connectivity index (χ1n) is 7.39. The van der Waals surface area contributed by atoms with Gasteiger partial charge in [-0.05, 0) is 56.4 Å². The number of aryl methyl sites for hydroxylation is 2. The van der Waals surface area contributed by atoms with E-state index in [1.807, 2.05) is 39.8 Å². The Balaban J connectivity index is 2.83. The van der Waals surface area contributed by atoms with E-state index < -0.39 is 6.04 Å². The molecule has 1 amide bonds. The van der Waals surface area contributed by atoms with Crippen LogP contribution >= 0.6 is 0 Å². The monoisotopic (exact) mass is 291 g/mol. The minimum Gasteiger partial charge on any atom is -0.464 e. The average molecular weight is 291 g/mol.